The van der Waals surface area contributed by atoms with Gasteiger partial charge < -0.3 is 14.6 Å². The third kappa shape index (κ3) is 5.46. The maximum Gasteiger partial charge on any atom is 0.326 e. The Hall–Kier alpha value is -2.70. The molecule has 0 saturated heterocycles. The van der Waals surface area contributed by atoms with Gasteiger partial charge in [0.05, 0.1) is 5.56 Å². The van der Waals surface area contributed by atoms with Crippen LogP contribution in [0.3, 0.4) is 0 Å². The molecule has 0 radical (unpaired) electrons. The van der Waals surface area contributed by atoms with Gasteiger partial charge in [0.1, 0.15) is 18.0 Å². The zero-order valence-corrected chi connectivity index (χ0v) is 17.8. The van der Waals surface area contributed by atoms with E-state index in [4.69, 9.17) is 4.74 Å². The zero-order chi connectivity index (χ0) is 21.9. The van der Waals surface area contributed by atoms with Crippen LogP contribution in [-0.2, 0) is 14.3 Å². The number of esters is 1. The standard InChI is InChI=1S/C23H29FN2O4/c1-23(2,3)30-20(27)14-26(13-15-7-5-4-6-8-15)22(29)21(28)18-12-25-19-11-16(24)9-10-17(18)19/h9-12,15,25H,4-8,13-14H2,1-3H3. The van der Waals surface area contributed by atoms with Gasteiger partial charge in [-0.3, -0.25) is 14.4 Å². The second-order valence-electron chi connectivity index (χ2n) is 9.00. The van der Waals surface area contributed by atoms with Gasteiger partial charge in [0.15, 0.2) is 0 Å². The third-order valence-corrected chi connectivity index (χ3v) is 5.31. The monoisotopic (exact) mass is 416 g/mol. The summed E-state index contributed by atoms with van der Waals surface area (Å²) in [4.78, 5) is 42.7. The fraction of sp³-hybridized carbons (Fsp3) is 0.522. The van der Waals surface area contributed by atoms with Crippen molar-refractivity contribution in [1.82, 2.24) is 9.88 Å². The highest BCUT2D eigenvalue weighted by Crippen LogP contribution is 2.26. The lowest BCUT2D eigenvalue weighted by atomic mass is 9.89. The average Bonchev–Trinajstić information content (AvgIpc) is 3.08. The Labute approximate surface area is 175 Å². The smallest absolute Gasteiger partial charge is 0.326 e. The highest BCUT2D eigenvalue weighted by molar-refractivity contribution is 6.45. The summed E-state index contributed by atoms with van der Waals surface area (Å²) in [5.41, 5.74) is -0.0633. The van der Waals surface area contributed by atoms with Gasteiger partial charge in [-0.15, -0.1) is 0 Å². The van der Waals surface area contributed by atoms with Crippen LogP contribution in [-0.4, -0.2) is 46.2 Å². The van der Waals surface area contributed by atoms with E-state index in [9.17, 15) is 18.8 Å². The Bertz CT molecular complexity index is 938. The molecule has 1 amide bonds. The minimum Gasteiger partial charge on any atom is -0.459 e. The van der Waals surface area contributed by atoms with E-state index in [2.05, 4.69) is 4.98 Å². The number of nitrogens with zero attached hydrogens (tertiary/aromatic N) is 1. The predicted molar refractivity (Wildman–Crippen MR) is 112 cm³/mol. The zero-order valence-electron chi connectivity index (χ0n) is 17.8. The first-order valence-corrected chi connectivity index (χ1v) is 10.5. The molecule has 0 atom stereocenters. The molecule has 1 aromatic carbocycles. The molecule has 0 spiro atoms. The minimum absolute atomic E-state index is 0.174. The SMILES string of the molecule is CC(C)(C)OC(=O)CN(CC1CCCCC1)C(=O)C(=O)c1c[nH]c2cc(F)ccc12. The lowest BCUT2D eigenvalue weighted by molar-refractivity contribution is -0.158. The summed E-state index contributed by atoms with van der Waals surface area (Å²) >= 11 is 0. The van der Waals surface area contributed by atoms with E-state index in [-0.39, 0.29) is 18.0 Å². The van der Waals surface area contributed by atoms with Crippen molar-refractivity contribution in [3.63, 3.8) is 0 Å². The number of ether oxygens (including phenoxy) is 1. The number of hydrogen-bond donors (Lipinski definition) is 1. The number of H-pyrrole nitrogens is 1. The van der Waals surface area contributed by atoms with Crippen molar-refractivity contribution in [1.29, 1.82) is 0 Å². The highest BCUT2D eigenvalue weighted by Gasteiger charge is 2.30. The average molecular weight is 416 g/mol. The summed E-state index contributed by atoms with van der Waals surface area (Å²) in [7, 11) is 0. The van der Waals surface area contributed by atoms with Crippen LogP contribution in [0.15, 0.2) is 24.4 Å². The first kappa shape index (κ1) is 22.0. The fourth-order valence-electron chi connectivity index (χ4n) is 3.98. The molecule has 0 unspecified atom stereocenters. The Morgan fingerprint density at radius 2 is 1.87 bits per heavy atom. The molecule has 1 aromatic heterocycles. The number of ketones is 1. The molecule has 1 N–H and O–H groups in total. The molecule has 1 saturated carbocycles. The van der Waals surface area contributed by atoms with Gasteiger partial charge in [0.25, 0.3) is 11.7 Å². The number of halogens is 1. The maximum absolute atomic E-state index is 13.4. The molecule has 3 rings (SSSR count). The van der Waals surface area contributed by atoms with E-state index in [0.29, 0.717) is 17.4 Å². The summed E-state index contributed by atoms with van der Waals surface area (Å²) in [6.07, 6.45) is 6.69. The lowest BCUT2D eigenvalue weighted by Crippen LogP contribution is -2.44. The number of aromatic amines is 1. The van der Waals surface area contributed by atoms with Crippen LogP contribution in [0, 0.1) is 11.7 Å². The number of Topliss-reactive ketones (excluding diaryl/α,β-unsaturated/α-hetero) is 1. The van der Waals surface area contributed by atoms with Crippen molar-refractivity contribution >= 4 is 28.6 Å². The first-order valence-electron chi connectivity index (χ1n) is 10.5. The van der Waals surface area contributed by atoms with E-state index < -0.39 is 29.1 Å². The highest BCUT2D eigenvalue weighted by atomic mass is 19.1. The first-order chi connectivity index (χ1) is 14.1. The summed E-state index contributed by atoms with van der Waals surface area (Å²) in [6, 6.07) is 4.00. The Kier molecular flexibility index (Phi) is 6.58. The van der Waals surface area contributed by atoms with Crippen molar-refractivity contribution in [2.75, 3.05) is 13.1 Å². The normalized spacial score (nSPS) is 15.2. The molecule has 1 aliphatic carbocycles. The number of carbonyl (C=O) groups excluding carboxylic acids is 3. The van der Waals surface area contributed by atoms with Crippen LogP contribution >= 0.6 is 0 Å². The molecular weight excluding hydrogens is 387 g/mol. The van der Waals surface area contributed by atoms with Crippen molar-refractivity contribution in [2.24, 2.45) is 5.92 Å². The van der Waals surface area contributed by atoms with Gasteiger partial charge in [-0.2, -0.15) is 0 Å². The number of carbonyl (C=O) groups is 3. The second kappa shape index (κ2) is 8.98. The molecule has 1 aliphatic rings. The van der Waals surface area contributed by atoms with Gasteiger partial charge in [-0.25, -0.2) is 4.39 Å². The van der Waals surface area contributed by atoms with E-state index in [0.717, 1.165) is 25.7 Å². The van der Waals surface area contributed by atoms with Crippen LogP contribution in [0.25, 0.3) is 10.9 Å². The van der Waals surface area contributed by atoms with Crippen LogP contribution in [0.2, 0.25) is 0 Å². The van der Waals surface area contributed by atoms with Crippen LogP contribution in [0.1, 0.15) is 63.2 Å². The van der Waals surface area contributed by atoms with E-state index in [1.807, 2.05) is 0 Å². The van der Waals surface area contributed by atoms with Crippen LogP contribution in [0.5, 0.6) is 0 Å². The van der Waals surface area contributed by atoms with E-state index in [1.165, 1.54) is 35.7 Å². The number of aromatic nitrogens is 1. The molecule has 1 heterocycles. The molecule has 1 fully saturated rings. The lowest BCUT2D eigenvalue weighted by Gasteiger charge is -2.30. The Morgan fingerprint density at radius 1 is 1.17 bits per heavy atom. The van der Waals surface area contributed by atoms with Gasteiger partial charge in [0.2, 0.25) is 0 Å². The Morgan fingerprint density at radius 3 is 2.53 bits per heavy atom. The quantitative estimate of drug-likeness (QED) is 0.434. The number of hydrogen-bond acceptors (Lipinski definition) is 4. The molecule has 6 nitrogen and oxygen atoms in total. The molecule has 7 heteroatoms. The van der Waals surface area contributed by atoms with Crippen molar-refractivity contribution in [3.8, 4) is 0 Å². The van der Waals surface area contributed by atoms with Gasteiger partial charge in [-0.1, -0.05) is 19.3 Å². The summed E-state index contributed by atoms with van der Waals surface area (Å²) < 4.78 is 18.8. The summed E-state index contributed by atoms with van der Waals surface area (Å²) in [5, 5.41) is 0.477. The Balaban J connectivity index is 1.81. The number of nitrogens with one attached hydrogen (secondary N) is 1. The number of benzene rings is 1. The second-order valence-corrected chi connectivity index (χ2v) is 9.00. The maximum atomic E-state index is 13.4. The van der Waals surface area contributed by atoms with Crippen molar-refractivity contribution < 1.29 is 23.5 Å². The van der Waals surface area contributed by atoms with Crippen molar-refractivity contribution in [2.45, 2.75) is 58.5 Å². The minimum atomic E-state index is -0.739. The third-order valence-electron chi connectivity index (χ3n) is 5.31. The van der Waals surface area contributed by atoms with Gasteiger partial charge in [-0.05, 0) is 57.7 Å². The van der Waals surface area contributed by atoms with Gasteiger partial charge in [0, 0.05) is 23.6 Å². The summed E-state index contributed by atoms with van der Waals surface area (Å²) in [5.74, 6) is -2.17. The van der Waals surface area contributed by atoms with Crippen LogP contribution in [0.4, 0.5) is 4.39 Å². The predicted octanol–water partition coefficient (Wildman–Crippen LogP) is 4.24. The fourth-order valence-corrected chi connectivity index (χ4v) is 3.98. The molecule has 162 valence electrons. The number of amides is 1. The number of rotatable bonds is 6. The van der Waals surface area contributed by atoms with E-state index in [1.54, 1.807) is 20.8 Å². The molecule has 30 heavy (non-hydrogen) atoms. The molecular formula is C23H29FN2O4. The topological polar surface area (TPSA) is 79.5 Å². The number of fused-ring (bicyclic) bond motifs is 1. The molecule has 0 aliphatic heterocycles. The summed E-state index contributed by atoms with van der Waals surface area (Å²) in [6.45, 7) is 5.35. The van der Waals surface area contributed by atoms with Crippen LogP contribution < -0.4 is 0 Å². The van der Waals surface area contributed by atoms with E-state index >= 15 is 0 Å². The van der Waals surface area contributed by atoms with Gasteiger partial charge >= 0.3 is 5.97 Å². The molecule has 0 bridgehead atoms. The molecule has 2 aromatic rings. The van der Waals surface area contributed by atoms with Crippen molar-refractivity contribution in [3.05, 3.63) is 35.8 Å². The largest absolute Gasteiger partial charge is 0.459 e.